The number of aromatic nitrogens is 1. The molecular weight excluding hydrogens is 408 g/mol. The van der Waals surface area contributed by atoms with Crippen LogP contribution in [-0.2, 0) is 19.1 Å². The van der Waals surface area contributed by atoms with Gasteiger partial charge in [-0.25, -0.2) is 14.6 Å². The standard InChI is InChI=1S/C25H28N2O5/c1-4-7-16-27(17-20(24(28)30-5-2)25(29)31-6-3)19-14-12-18(13-15-19)23-26-21-10-8-9-11-22(21)32-23/h8-15,17H,4-7,16H2,1-3H3. The number of benzene rings is 2. The van der Waals surface area contributed by atoms with Gasteiger partial charge in [0.05, 0.1) is 13.2 Å². The minimum absolute atomic E-state index is 0.132. The summed E-state index contributed by atoms with van der Waals surface area (Å²) in [5, 5.41) is 0. The molecule has 3 aromatic rings. The predicted molar refractivity (Wildman–Crippen MR) is 123 cm³/mol. The highest BCUT2D eigenvalue weighted by molar-refractivity contribution is 6.14. The number of hydrogen-bond acceptors (Lipinski definition) is 7. The minimum atomic E-state index is -0.699. The summed E-state index contributed by atoms with van der Waals surface area (Å²) >= 11 is 0. The summed E-state index contributed by atoms with van der Waals surface area (Å²) < 4.78 is 16.0. The number of anilines is 1. The van der Waals surface area contributed by atoms with Crippen LogP contribution in [0.5, 0.6) is 0 Å². The van der Waals surface area contributed by atoms with Gasteiger partial charge in [0.15, 0.2) is 11.2 Å². The molecule has 1 heterocycles. The van der Waals surface area contributed by atoms with Crippen molar-refractivity contribution in [3.8, 4) is 11.5 Å². The lowest BCUT2D eigenvalue weighted by molar-refractivity contribution is -0.146. The molecule has 0 bridgehead atoms. The minimum Gasteiger partial charge on any atom is -0.462 e. The van der Waals surface area contributed by atoms with E-state index in [9.17, 15) is 9.59 Å². The maximum Gasteiger partial charge on any atom is 0.347 e. The van der Waals surface area contributed by atoms with Crippen molar-refractivity contribution in [2.45, 2.75) is 33.6 Å². The van der Waals surface area contributed by atoms with Gasteiger partial charge in [0.1, 0.15) is 5.52 Å². The summed E-state index contributed by atoms with van der Waals surface area (Å²) in [5.41, 5.74) is 3.05. The molecule has 168 valence electrons. The Hall–Kier alpha value is -3.61. The van der Waals surface area contributed by atoms with Gasteiger partial charge in [0, 0.05) is 24.0 Å². The predicted octanol–water partition coefficient (Wildman–Crippen LogP) is 5.11. The van der Waals surface area contributed by atoms with Gasteiger partial charge in [-0.1, -0.05) is 25.5 Å². The highest BCUT2D eigenvalue weighted by atomic mass is 16.6. The highest BCUT2D eigenvalue weighted by Gasteiger charge is 2.23. The first kappa shape index (κ1) is 23.1. The maximum absolute atomic E-state index is 12.4. The second kappa shape index (κ2) is 11.1. The fourth-order valence-corrected chi connectivity index (χ4v) is 3.15. The second-order valence-electron chi connectivity index (χ2n) is 7.06. The number of carbonyl (C=O) groups is 2. The molecule has 0 unspecified atom stereocenters. The summed E-state index contributed by atoms with van der Waals surface area (Å²) in [6, 6.07) is 15.2. The van der Waals surface area contributed by atoms with Crippen molar-refractivity contribution in [2.75, 3.05) is 24.7 Å². The van der Waals surface area contributed by atoms with E-state index in [0.717, 1.165) is 35.2 Å². The van der Waals surface area contributed by atoms with Gasteiger partial charge in [-0.3, -0.25) is 0 Å². The van der Waals surface area contributed by atoms with Gasteiger partial charge < -0.3 is 18.8 Å². The van der Waals surface area contributed by atoms with Crippen molar-refractivity contribution in [1.82, 2.24) is 4.98 Å². The Labute approximate surface area is 187 Å². The lowest BCUT2D eigenvalue weighted by atomic mass is 10.1. The van der Waals surface area contributed by atoms with Crippen LogP contribution in [0.3, 0.4) is 0 Å². The zero-order valence-corrected chi connectivity index (χ0v) is 18.7. The third kappa shape index (κ3) is 5.55. The highest BCUT2D eigenvalue weighted by Crippen LogP contribution is 2.27. The second-order valence-corrected chi connectivity index (χ2v) is 7.06. The van der Waals surface area contributed by atoms with Gasteiger partial charge in [-0.2, -0.15) is 0 Å². The monoisotopic (exact) mass is 436 g/mol. The number of para-hydroxylation sites is 2. The molecule has 0 amide bonds. The number of fused-ring (bicyclic) bond motifs is 1. The molecule has 32 heavy (non-hydrogen) atoms. The molecule has 0 radical (unpaired) electrons. The largest absolute Gasteiger partial charge is 0.462 e. The Balaban J connectivity index is 1.92. The van der Waals surface area contributed by atoms with Crippen LogP contribution in [0.15, 0.2) is 64.7 Å². The van der Waals surface area contributed by atoms with Crippen LogP contribution >= 0.6 is 0 Å². The van der Waals surface area contributed by atoms with Gasteiger partial charge in [-0.05, 0) is 56.7 Å². The summed E-state index contributed by atoms with van der Waals surface area (Å²) in [5.74, 6) is -0.863. The molecule has 7 heteroatoms. The molecular formula is C25H28N2O5. The van der Waals surface area contributed by atoms with Crippen LogP contribution in [0.1, 0.15) is 33.6 Å². The molecule has 2 aromatic carbocycles. The van der Waals surface area contributed by atoms with Crippen LogP contribution in [0.25, 0.3) is 22.6 Å². The van der Waals surface area contributed by atoms with Crippen LogP contribution in [-0.4, -0.2) is 36.7 Å². The zero-order chi connectivity index (χ0) is 22.9. The normalized spacial score (nSPS) is 10.6. The fourth-order valence-electron chi connectivity index (χ4n) is 3.15. The average molecular weight is 437 g/mol. The number of hydrogen-bond donors (Lipinski definition) is 0. The average Bonchev–Trinajstić information content (AvgIpc) is 3.24. The Morgan fingerprint density at radius 2 is 1.62 bits per heavy atom. The maximum atomic E-state index is 12.4. The van der Waals surface area contributed by atoms with E-state index < -0.39 is 11.9 Å². The van der Waals surface area contributed by atoms with E-state index in [0.29, 0.717) is 12.4 Å². The first-order valence-corrected chi connectivity index (χ1v) is 10.9. The van der Waals surface area contributed by atoms with Crippen LogP contribution in [0.4, 0.5) is 5.69 Å². The van der Waals surface area contributed by atoms with E-state index in [-0.39, 0.29) is 18.8 Å². The van der Waals surface area contributed by atoms with Crippen molar-refractivity contribution in [3.63, 3.8) is 0 Å². The zero-order valence-electron chi connectivity index (χ0n) is 18.7. The van der Waals surface area contributed by atoms with Crippen LogP contribution < -0.4 is 4.90 Å². The third-order valence-corrected chi connectivity index (χ3v) is 4.77. The number of oxazole rings is 1. The molecule has 0 N–H and O–H groups in total. The molecule has 0 fully saturated rings. The molecule has 0 atom stereocenters. The third-order valence-electron chi connectivity index (χ3n) is 4.77. The number of rotatable bonds is 10. The van der Waals surface area contributed by atoms with Crippen molar-refractivity contribution in [1.29, 1.82) is 0 Å². The Kier molecular flexibility index (Phi) is 8.02. The molecule has 7 nitrogen and oxygen atoms in total. The fraction of sp³-hybridized carbons (Fsp3) is 0.320. The number of carbonyl (C=O) groups excluding carboxylic acids is 2. The van der Waals surface area contributed by atoms with E-state index in [1.165, 1.54) is 6.20 Å². The lowest BCUT2D eigenvalue weighted by Crippen LogP contribution is -2.25. The quantitative estimate of drug-likeness (QED) is 0.189. The molecule has 0 saturated heterocycles. The van der Waals surface area contributed by atoms with Crippen molar-refractivity contribution in [2.24, 2.45) is 0 Å². The Morgan fingerprint density at radius 1 is 0.969 bits per heavy atom. The van der Waals surface area contributed by atoms with Crippen molar-refractivity contribution in [3.05, 3.63) is 60.3 Å². The number of unbranched alkanes of at least 4 members (excludes halogenated alkanes) is 1. The van der Waals surface area contributed by atoms with E-state index >= 15 is 0 Å². The SMILES string of the molecule is CCCCN(C=C(C(=O)OCC)C(=O)OCC)c1ccc(-c2nc3ccccc3o2)cc1. The summed E-state index contributed by atoms with van der Waals surface area (Å²) in [4.78, 5) is 31.2. The number of esters is 2. The van der Waals surface area contributed by atoms with Crippen molar-refractivity contribution >= 4 is 28.7 Å². The van der Waals surface area contributed by atoms with E-state index in [4.69, 9.17) is 13.9 Å². The first-order chi connectivity index (χ1) is 15.6. The van der Waals surface area contributed by atoms with E-state index in [2.05, 4.69) is 11.9 Å². The Morgan fingerprint density at radius 3 is 2.22 bits per heavy atom. The van der Waals surface area contributed by atoms with E-state index in [1.807, 2.05) is 53.4 Å². The topological polar surface area (TPSA) is 81.9 Å². The van der Waals surface area contributed by atoms with Crippen molar-refractivity contribution < 1.29 is 23.5 Å². The molecule has 1 aromatic heterocycles. The van der Waals surface area contributed by atoms with Gasteiger partial charge in [0.25, 0.3) is 0 Å². The van der Waals surface area contributed by atoms with Gasteiger partial charge >= 0.3 is 11.9 Å². The molecule has 0 saturated carbocycles. The molecule has 0 aliphatic heterocycles. The summed E-state index contributed by atoms with van der Waals surface area (Å²) in [7, 11) is 0. The Bertz CT molecular complexity index is 1030. The summed E-state index contributed by atoms with van der Waals surface area (Å²) in [6.45, 7) is 6.44. The molecule has 0 spiro atoms. The van der Waals surface area contributed by atoms with E-state index in [1.54, 1.807) is 13.8 Å². The smallest absolute Gasteiger partial charge is 0.347 e. The van der Waals surface area contributed by atoms with Gasteiger partial charge in [-0.15, -0.1) is 0 Å². The first-order valence-electron chi connectivity index (χ1n) is 10.9. The van der Waals surface area contributed by atoms with Gasteiger partial charge in [0.2, 0.25) is 5.89 Å². The lowest BCUT2D eigenvalue weighted by Gasteiger charge is -2.22. The van der Waals surface area contributed by atoms with Crippen LogP contribution in [0, 0.1) is 0 Å². The number of ether oxygens (including phenoxy) is 2. The molecule has 0 aliphatic rings. The number of nitrogens with zero attached hydrogens (tertiary/aromatic N) is 2. The molecule has 3 rings (SSSR count). The van der Waals surface area contributed by atoms with Crippen LogP contribution in [0.2, 0.25) is 0 Å². The molecule has 0 aliphatic carbocycles. The summed E-state index contributed by atoms with van der Waals surface area (Å²) in [6.07, 6.45) is 3.35.